The van der Waals surface area contributed by atoms with E-state index in [0.29, 0.717) is 31.7 Å². The Labute approximate surface area is 233 Å². The third-order valence-corrected chi connectivity index (χ3v) is 9.11. The molecule has 1 saturated heterocycles. The van der Waals surface area contributed by atoms with Crippen LogP contribution in [0.5, 0.6) is 5.75 Å². The second-order valence-corrected chi connectivity index (χ2v) is 12.5. The van der Waals surface area contributed by atoms with Crippen LogP contribution >= 0.6 is 0 Å². The summed E-state index contributed by atoms with van der Waals surface area (Å²) in [5, 5.41) is 0. The van der Waals surface area contributed by atoms with Gasteiger partial charge in [-0.2, -0.15) is 0 Å². The molecule has 0 bridgehead atoms. The zero-order valence-corrected chi connectivity index (χ0v) is 24.3. The summed E-state index contributed by atoms with van der Waals surface area (Å²) in [5.41, 5.74) is 4.33. The van der Waals surface area contributed by atoms with Gasteiger partial charge in [0, 0.05) is 31.7 Å². The highest BCUT2D eigenvalue weighted by molar-refractivity contribution is 7.90. The number of piperazine rings is 1. The Morgan fingerprint density at radius 3 is 2.23 bits per heavy atom. The van der Waals surface area contributed by atoms with Crippen LogP contribution < -0.4 is 9.64 Å². The highest BCUT2D eigenvalue weighted by Crippen LogP contribution is 2.30. The number of methoxy groups -OCH3 is 1. The summed E-state index contributed by atoms with van der Waals surface area (Å²) in [6.07, 6.45) is 3.24. The average Bonchev–Trinajstić information content (AvgIpc) is 2.96. The fourth-order valence-electron chi connectivity index (χ4n) is 5.12. The number of anilines is 1. The van der Waals surface area contributed by atoms with E-state index in [0.717, 1.165) is 41.8 Å². The molecule has 0 radical (unpaired) electrons. The number of nitrogens with zero attached hydrogens (tertiary/aromatic N) is 2. The van der Waals surface area contributed by atoms with Gasteiger partial charge in [-0.3, -0.25) is 4.79 Å². The van der Waals surface area contributed by atoms with Crippen molar-refractivity contribution in [3.05, 3.63) is 89.0 Å². The number of benzene rings is 3. The van der Waals surface area contributed by atoms with Gasteiger partial charge in [-0.15, -0.1) is 0 Å². The van der Waals surface area contributed by atoms with E-state index >= 15 is 0 Å². The Morgan fingerprint density at radius 1 is 0.923 bits per heavy atom. The van der Waals surface area contributed by atoms with Crippen LogP contribution in [0, 0.1) is 0 Å². The maximum atomic E-state index is 13.7. The van der Waals surface area contributed by atoms with Crippen molar-refractivity contribution in [1.29, 1.82) is 0 Å². The molecular formula is C32H40N2O4S. The second-order valence-electron chi connectivity index (χ2n) is 10.5. The van der Waals surface area contributed by atoms with Gasteiger partial charge in [-0.25, -0.2) is 8.42 Å². The number of para-hydroxylation sites is 2. The topological polar surface area (TPSA) is 66.9 Å². The van der Waals surface area contributed by atoms with Crippen molar-refractivity contribution >= 4 is 21.4 Å². The molecule has 39 heavy (non-hydrogen) atoms. The van der Waals surface area contributed by atoms with Crippen molar-refractivity contribution in [2.45, 2.75) is 56.6 Å². The summed E-state index contributed by atoms with van der Waals surface area (Å²) < 4.78 is 32.3. The fourth-order valence-corrected chi connectivity index (χ4v) is 6.49. The molecule has 1 heterocycles. The molecule has 4 rings (SSSR count). The Hall–Kier alpha value is -3.32. The van der Waals surface area contributed by atoms with Crippen LogP contribution in [-0.2, 0) is 22.0 Å². The number of unbranched alkanes of at least 4 members (excludes halogenated alkanes) is 1. The number of hydrogen-bond donors (Lipinski definition) is 0. The molecule has 208 valence electrons. The van der Waals surface area contributed by atoms with Gasteiger partial charge < -0.3 is 14.5 Å². The third-order valence-electron chi connectivity index (χ3n) is 7.43. The van der Waals surface area contributed by atoms with Crippen LogP contribution in [-0.4, -0.2) is 52.5 Å². The molecule has 7 heteroatoms. The van der Waals surface area contributed by atoms with Crippen LogP contribution in [0.4, 0.5) is 5.69 Å². The van der Waals surface area contributed by atoms with Crippen molar-refractivity contribution < 1.29 is 17.9 Å². The van der Waals surface area contributed by atoms with E-state index in [4.69, 9.17) is 4.74 Å². The Balaban J connectivity index is 1.52. The Morgan fingerprint density at radius 2 is 1.59 bits per heavy atom. The second kappa shape index (κ2) is 12.7. The lowest BCUT2D eigenvalue weighted by molar-refractivity contribution is 0.0745. The number of aryl methyl sites for hydroxylation is 1. The lowest BCUT2D eigenvalue weighted by Gasteiger charge is -2.37. The van der Waals surface area contributed by atoms with Gasteiger partial charge in [-0.1, -0.05) is 69.7 Å². The van der Waals surface area contributed by atoms with E-state index in [1.165, 1.54) is 5.56 Å². The molecule has 0 N–H and O–H groups in total. The first-order chi connectivity index (χ1) is 18.7. The van der Waals surface area contributed by atoms with Crippen molar-refractivity contribution in [2.24, 2.45) is 0 Å². The molecule has 3 aromatic rings. The smallest absolute Gasteiger partial charge is 0.254 e. The largest absolute Gasteiger partial charge is 0.495 e. The van der Waals surface area contributed by atoms with E-state index in [1.54, 1.807) is 19.2 Å². The molecule has 0 aromatic heterocycles. The lowest BCUT2D eigenvalue weighted by Crippen LogP contribution is -2.49. The average molecular weight is 549 g/mol. The molecule has 1 aliphatic heterocycles. The van der Waals surface area contributed by atoms with Crippen molar-refractivity contribution in [3.8, 4) is 5.75 Å². The van der Waals surface area contributed by atoms with Gasteiger partial charge in [0.2, 0.25) is 0 Å². The number of rotatable bonds is 10. The minimum absolute atomic E-state index is 0.0891. The fraction of sp³-hybridized carbons (Fsp3) is 0.406. The Kier molecular flexibility index (Phi) is 9.33. The van der Waals surface area contributed by atoms with Crippen LogP contribution in [0.15, 0.2) is 71.6 Å². The van der Waals surface area contributed by atoms with Crippen LogP contribution in [0.1, 0.15) is 66.6 Å². The predicted molar refractivity (Wildman–Crippen MR) is 158 cm³/mol. The molecular weight excluding hydrogens is 508 g/mol. The number of carbonyl (C=O) groups is 1. The van der Waals surface area contributed by atoms with Crippen molar-refractivity contribution in [3.63, 3.8) is 0 Å². The van der Waals surface area contributed by atoms with Crippen molar-refractivity contribution in [1.82, 2.24) is 4.90 Å². The minimum Gasteiger partial charge on any atom is -0.495 e. The van der Waals surface area contributed by atoms with E-state index in [2.05, 4.69) is 11.8 Å². The first kappa shape index (κ1) is 28.7. The minimum atomic E-state index is -3.62. The number of amides is 1. The summed E-state index contributed by atoms with van der Waals surface area (Å²) >= 11 is 0. The van der Waals surface area contributed by atoms with E-state index < -0.39 is 9.84 Å². The highest BCUT2D eigenvalue weighted by atomic mass is 32.2. The maximum absolute atomic E-state index is 13.7. The van der Waals surface area contributed by atoms with Gasteiger partial charge in [0.25, 0.3) is 5.91 Å². The van der Waals surface area contributed by atoms with Gasteiger partial charge in [0.1, 0.15) is 5.75 Å². The van der Waals surface area contributed by atoms with Gasteiger partial charge in [-0.05, 0) is 59.7 Å². The lowest BCUT2D eigenvalue weighted by atomic mass is 9.96. The molecule has 0 spiro atoms. The number of ether oxygens (including phenoxy) is 1. The summed E-state index contributed by atoms with van der Waals surface area (Å²) in [6, 6.07) is 20.8. The first-order valence-corrected chi connectivity index (χ1v) is 15.5. The molecule has 0 aliphatic carbocycles. The molecule has 1 fully saturated rings. The molecule has 1 amide bonds. The number of sulfone groups is 1. The quantitative estimate of drug-likeness (QED) is 0.306. The predicted octanol–water partition coefficient (Wildman–Crippen LogP) is 6.10. The monoisotopic (exact) mass is 548 g/mol. The van der Waals surface area contributed by atoms with Gasteiger partial charge >= 0.3 is 0 Å². The molecule has 1 aliphatic rings. The zero-order chi connectivity index (χ0) is 28.0. The normalized spacial score (nSPS) is 14.1. The summed E-state index contributed by atoms with van der Waals surface area (Å²) in [6.45, 7) is 8.67. The van der Waals surface area contributed by atoms with E-state index in [1.807, 2.05) is 73.3 Å². The van der Waals surface area contributed by atoms with E-state index in [9.17, 15) is 13.2 Å². The summed E-state index contributed by atoms with van der Waals surface area (Å²) in [5.74, 6) is 0.697. The molecule has 6 nitrogen and oxygen atoms in total. The van der Waals surface area contributed by atoms with E-state index in [-0.39, 0.29) is 22.5 Å². The Bertz CT molecular complexity index is 1380. The van der Waals surface area contributed by atoms with Crippen molar-refractivity contribution in [2.75, 3.05) is 38.2 Å². The standard InChI is InChI=1S/C32H40N2O4S/c1-5-6-9-25-12-14-26(15-13-25)23-39(36,37)27-16-17-28(24(2)3)29(22-27)32(35)34-20-18-33(19-21-34)30-10-7-8-11-31(30)38-4/h7-8,10-17,22,24H,5-6,9,18-21,23H2,1-4H3. The third kappa shape index (κ3) is 6.82. The molecule has 0 saturated carbocycles. The first-order valence-electron chi connectivity index (χ1n) is 13.8. The molecule has 0 atom stereocenters. The number of hydrogen-bond acceptors (Lipinski definition) is 5. The van der Waals surface area contributed by atoms with Gasteiger partial charge in [0.15, 0.2) is 9.84 Å². The van der Waals surface area contributed by atoms with Crippen LogP contribution in [0.3, 0.4) is 0 Å². The van der Waals surface area contributed by atoms with Gasteiger partial charge in [0.05, 0.1) is 23.4 Å². The SMILES string of the molecule is CCCCc1ccc(CS(=O)(=O)c2ccc(C(C)C)c(C(=O)N3CCN(c4ccccc4OC)CC3)c2)cc1. The maximum Gasteiger partial charge on any atom is 0.254 e. The van der Waals surface area contributed by atoms with Crippen LogP contribution in [0.2, 0.25) is 0 Å². The molecule has 3 aromatic carbocycles. The number of carbonyl (C=O) groups excluding carboxylic acids is 1. The summed E-state index contributed by atoms with van der Waals surface area (Å²) in [4.78, 5) is 18.0. The highest BCUT2D eigenvalue weighted by Gasteiger charge is 2.27. The summed E-state index contributed by atoms with van der Waals surface area (Å²) in [7, 11) is -1.96. The van der Waals surface area contributed by atoms with Crippen LogP contribution in [0.25, 0.3) is 0 Å². The molecule has 0 unspecified atom stereocenters. The zero-order valence-electron chi connectivity index (χ0n) is 23.5.